The molecule has 0 heterocycles. The van der Waals surface area contributed by atoms with Crippen LogP contribution in [0.1, 0.15) is 33.1 Å². The largest absolute Gasteiger partial charge is 0.0998 e. The molecule has 0 saturated carbocycles. The van der Waals surface area contributed by atoms with E-state index in [9.17, 15) is 0 Å². The van der Waals surface area contributed by atoms with Crippen LogP contribution in [0.2, 0.25) is 0 Å². The van der Waals surface area contributed by atoms with Crippen molar-refractivity contribution >= 4 is 0 Å². The van der Waals surface area contributed by atoms with E-state index >= 15 is 0 Å². The van der Waals surface area contributed by atoms with Crippen LogP contribution >= 0.6 is 0 Å². The van der Waals surface area contributed by atoms with Gasteiger partial charge in [0.2, 0.25) is 0 Å². The van der Waals surface area contributed by atoms with Gasteiger partial charge in [-0.3, -0.25) is 0 Å². The van der Waals surface area contributed by atoms with E-state index in [2.05, 4.69) is 32.6 Å². The lowest BCUT2D eigenvalue weighted by Crippen LogP contribution is -1.67. The Morgan fingerprint density at radius 3 is 2.56 bits per heavy atom. The molecule has 0 bridgehead atoms. The molecular weight excluding hydrogens is 108 g/mol. The van der Waals surface area contributed by atoms with Gasteiger partial charge in [0.15, 0.2) is 0 Å². The molecule has 0 rings (SSSR count). The monoisotopic (exact) mass is 124 g/mol. The van der Waals surface area contributed by atoms with Gasteiger partial charge in [0.05, 0.1) is 0 Å². The average Bonchev–Trinajstić information content (AvgIpc) is 1.80. The molecule has 0 aliphatic rings. The fourth-order valence-electron chi connectivity index (χ4n) is 0.569. The van der Waals surface area contributed by atoms with E-state index in [-0.39, 0.29) is 0 Å². The van der Waals surface area contributed by atoms with Gasteiger partial charge in [0.25, 0.3) is 0 Å². The van der Waals surface area contributed by atoms with Crippen molar-refractivity contribution in [3.8, 4) is 0 Å². The van der Waals surface area contributed by atoms with Crippen LogP contribution in [0.25, 0.3) is 0 Å². The highest BCUT2D eigenvalue weighted by Crippen LogP contribution is 1.97. The molecule has 0 aromatic rings. The quantitative estimate of drug-likeness (QED) is 0.504. The smallest absolute Gasteiger partial charge is 0.0144 e. The Bertz CT molecular complexity index is 98.6. The molecule has 0 N–H and O–H groups in total. The Labute approximate surface area is 58.3 Å². The Hall–Kier alpha value is -0.520. The van der Waals surface area contributed by atoms with Crippen LogP contribution in [0, 0.1) is 0 Å². The second-order valence-electron chi connectivity index (χ2n) is 2.42. The van der Waals surface area contributed by atoms with Gasteiger partial charge in [0.1, 0.15) is 0 Å². The highest BCUT2D eigenvalue weighted by atomic mass is 13.8. The molecule has 0 aromatic heterocycles. The Kier molecular flexibility index (Phi) is 5.29. The van der Waals surface area contributed by atoms with Crippen molar-refractivity contribution in [3.05, 3.63) is 24.3 Å². The van der Waals surface area contributed by atoms with E-state index in [0.29, 0.717) is 0 Å². The summed E-state index contributed by atoms with van der Waals surface area (Å²) in [5.74, 6) is 0. The van der Waals surface area contributed by atoms with Crippen LogP contribution < -0.4 is 0 Å². The first-order valence-electron chi connectivity index (χ1n) is 3.56. The summed E-state index contributed by atoms with van der Waals surface area (Å²) >= 11 is 0. The predicted octanol–water partition coefficient (Wildman–Crippen LogP) is 3.31. The minimum absolute atomic E-state index is 1.04. The number of allylic oxidation sites excluding steroid dienone is 3. The van der Waals surface area contributed by atoms with Crippen LogP contribution in [-0.2, 0) is 0 Å². The Morgan fingerprint density at radius 2 is 2.11 bits per heavy atom. The maximum atomic E-state index is 3.80. The van der Waals surface area contributed by atoms with Crippen molar-refractivity contribution in [1.29, 1.82) is 0 Å². The average molecular weight is 124 g/mol. The summed E-state index contributed by atoms with van der Waals surface area (Å²) in [5, 5.41) is 0. The van der Waals surface area contributed by atoms with Crippen LogP contribution in [-0.4, -0.2) is 0 Å². The predicted molar refractivity (Wildman–Crippen MR) is 43.5 cm³/mol. The maximum absolute atomic E-state index is 3.80. The van der Waals surface area contributed by atoms with Crippen molar-refractivity contribution in [2.45, 2.75) is 33.1 Å². The third-order valence-corrected chi connectivity index (χ3v) is 1.09. The van der Waals surface area contributed by atoms with Gasteiger partial charge < -0.3 is 0 Å². The molecule has 0 aromatic carbocycles. The van der Waals surface area contributed by atoms with Crippen molar-refractivity contribution in [2.24, 2.45) is 0 Å². The standard InChI is InChI=1S/C9H16/c1-4-5-6-7-8-9(2)3/h6-7H,2,4-5,8H2,1,3H3/b7-6+. The molecule has 0 radical (unpaired) electrons. The Balaban J connectivity index is 3.14. The van der Waals surface area contributed by atoms with Gasteiger partial charge in [-0.1, -0.05) is 37.6 Å². The fraction of sp³-hybridized carbons (Fsp3) is 0.556. The molecule has 0 fully saturated rings. The number of unbranched alkanes of at least 4 members (excludes halogenated alkanes) is 1. The minimum atomic E-state index is 1.04. The lowest BCUT2D eigenvalue weighted by molar-refractivity contribution is 0.953. The molecule has 0 amide bonds. The molecule has 9 heavy (non-hydrogen) atoms. The van der Waals surface area contributed by atoms with E-state index in [1.807, 2.05) is 0 Å². The molecule has 0 nitrogen and oxygen atoms in total. The van der Waals surface area contributed by atoms with Gasteiger partial charge in [-0.15, -0.1) is 0 Å². The first-order chi connectivity index (χ1) is 4.27. The molecule has 0 aliphatic heterocycles. The summed E-state index contributed by atoms with van der Waals surface area (Å²) in [7, 11) is 0. The first-order valence-corrected chi connectivity index (χ1v) is 3.56. The first kappa shape index (κ1) is 8.48. The van der Waals surface area contributed by atoms with E-state index in [1.165, 1.54) is 18.4 Å². The van der Waals surface area contributed by atoms with Gasteiger partial charge in [-0.05, 0) is 19.8 Å². The van der Waals surface area contributed by atoms with Crippen molar-refractivity contribution < 1.29 is 0 Å². The van der Waals surface area contributed by atoms with Crippen LogP contribution in [0.4, 0.5) is 0 Å². The zero-order chi connectivity index (χ0) is 7.11. The summed E-state index contributed by atoms with van der Waals surface area (Å²) in [5.41, 5.74) is 1.24. The molecule has 0 atom stereocenters. The highest BCUT2D eigenvalue weighted by molar-refractivity contribution is 4.98. The van der Waals surface area contributed by atoms with Crippen molar-refractivity contribution in [1.82, 2.24) is 0 Å². The van der Waals surface area contributed by atoms with Crippen LogP contribution in [0.5, 0.6) is 0 Å². The van der Waals surface area contributed by atoms with Gasteiger partial charge in [-0.2, -0.15) is 0 Å². The Morgan fingerprint density at radius 1 is 1.44 bits per heavy atom. The fourth-order valence-corrected chi connectivity index (χ4v) is 0.569. The zero-order valence-corrected chi connectivity index (χ0v) is 6.48. The lowest BCUT2D eigenvalue weighted by atomic mass is 10.2. The molecule has 0 saturated heterocycles. The normalized spacial score (nSPS) is 10.4. The molecule has 0 heteroatoms. The number of rotatable bonds is 4. The van der Waals surface area contributed by atoms with Crippen molar-refractivity contribution in [3.63, 3.8) is 0 Å². The van der Waals surface area contributed by atoms with Gasteiger partial charge in [-0.25, -0.2) is 0 Å². The van der Waals surface area contributed by atoms with E-state index < -0.39 is 0 Å². The molecular formula is C9H16. The third-order valence-electron chi connectivity index (χ3n) is 1.09. The van der Waals surface area contributed by atoms with Crippen LogP contribution in [0.15, 0.2) is 24.3 Å². The zero-order valence-electron chi connectivity index (χ0n) is 6.48. The van der Waals surface area contributed by atoms with E-state index in [0.717, 1.165) is 6.42 Å². The van der Waals surface area contributed by atoms with E-state index in [4.69, 9.17) is 0 Å². The lowest BCUT2D eigenvalue weighted by Gasteiger charge is -1.88. The summed E-state index contributed by atoms with van der Waals surface area (Å²) in [6.45, 7) is 8.04. The molecule has 0 aliphatic carbocycles. The minimum Gasteiger partial charge on any atom is -0.0998 e. The highest BCUT2D eigenvalue weighted by Gasteiger charge is 1.77. The van der Waals surface area contributed by atoms with Crippen LogP contribution in [0.3, 0.4) is 0 Å². The number of hydrogen-bond donors (Lipinski definition) is 0. The maximum Gasteiger partial charge on any atom is -0.0144 e. The van der Waals surface area contributed by atoms with Gasteiger partial charge >= 0.3 is 0 Å². The second-order valence-corrected chi connectivity index (χ2v) is 2.42. The number of hydrogen-bond acceptors (Lipinski definition) is 0. The SMILES string of the molecule is C=C(C)C/C=C/CCC. The molecule has 52 valence electrons. The third kappa shape index (κ3) is 7.48. The summed E-state index contributed by atoms with van der Waals surface area (Å²) in [4.78, 5) is 0. The topological polar surface area (TPSA) is 0 Å². The molecule has 0 unspecified atom stereocenters. The summed E-state index contributed by atoms with van der Waals surface area (Å²) in [6, 6.07) is 0. The second kappa shape index (κ2) is 5.61. The van der Waals surface area contributed by atoms with E-state index in [1.54, 1.807) is 0 Å². The summed E-state index contributed by atoms with van der Waals surface area (Å²) in [6.07, 6.45) is 7.89. The van der Waals surface area contributed by atoms with Crippen molar-refractivity contribution in [2.75, 3.05) is 0 Å². The molecule has 0 spiro atoms. The van der Waals surface area contributed by atoms with Gasteiger partial charge in [0, 0.05) is 0 Å². The summed E-state index contributed by atoms with van der Waals surface area (Å²) < 4.78 is 0.